The van der Waals surface area contributed by atoms with Crippen molar-refractivity contribution in [1.82, 2.24) is 5.32 Å². The van der Waals surface area contributed by atoms with E-state index in [1.54, 1.807) is 36.4 Å². The standard InChI is InChI=1S/C16H17NO3/c18-11-14(19)15(12-7-3-1-4-8-12)17-16(20)13-9-5-2-6-10-13/h1-10,14-15,18-19H,11H2,(H,17,20)/t14-,15-/m0/s1. The van der Waals surface area contributed by atoms with Crippen molar-refractivity contribution in [3.05, 3.63) is 71.8 Å². The van der Waals surface area contributed by atoms with Crippen molar-refractivity contribution >= 4 is 5.91 Å². The van der Waals surface area contributed by atoms with Crippen LogP contribution in [0, 0.1) is 0 Å². The number of aliphatic hydroxyl groups excluding tert-OH is 2. The van der Waals surface area contributed by atoms with Crippen molar-refractivity contribution in [1.29, 1.82) is 0 Å². The van der Waals surface area contributed by atoms with Gasteiger partial charge in [-0.2, -0.15) is 0 Å². The van der Waals surface area contributed by atoms with Crippen LogP contribution in [0.1, 0.15) is 22.0 Å². The smallest absolute Gasteiger partial charge is 0.251 e. The Morgan fingerprint density at radius 2 is 1.55 bits per heavy atom. The maximum absolute atomic E-state index is 12.1. The average Bonchev–Trinajstić information content (AvgIpc) is 2.53. The van der Waals surface area contributed by atoms with E-state index in [1.165, 1.54) is 0 Å². The fourth-order valence-corrected chi connectivity index (χ4v) is 1.98. The minimum atomic E-state index is -1.05. The second kappa shape index (κ2) is 6.84. The Balaban J connectivity index is 2.19. The average molecular weight is 271 g/mol. The summed E-state index contributed by atoms with van der Waals surface area (Å²) < 4.78 is 0. The van der Waals surface area contributed by atoms with Crippen molar-refractivity contribution in [2.24, 2.45) is 0 Å². The predicted molar refractivity (Wildman–Crippen MR) is 76.2 cm³/mol. The Hall–Kier alpha value is -2.17. The molecule has 4 nitrogen and oxygen atoms in total. The van der Waals surface area contributed by atoms with Crippen LogP contribution in [0.4, 0.5) is 0 Å². The van der Waals surface area contributed by atoms with E-state index < -0.39 is 18.8 Å². The highest BCUT2D eigenvalue weighted by Crippen LogP contribution is 2.17. The first-order valence-corrected chi connectivity index (χ1v) is 6.42. The number of benzene rings is 2. The second-order valence-electron chi connectivity index (χ2n) is 4.48. The Bertz CT molecular complexity index is 542. The molecule has 0 heterocycles. The molecule has 0 aliphatic heterocycles. The lowest BCUT2D eigenvalue weighted by Crippen LogP contribution is -2.38. The highest BCUT2D eigenvalue weighted by Gasteiger charge is 2.22. The number of hydrogen-bond acceptors (Lipinski definition) is 3. The molecular weight excluding hydrogens is 254 g/mol. The van der Waals surface area contributed by atoms with Gasteiger partial charge in [0, 0.05) is 5.56 Å². The van der Waals surface area contributed by atoms with Gasteiger partial charge in [-0.3, -0.25) is 4.79 Å². The van der Waals surface area contributed by atoms with E-state index in [4.69, 9.17) is 5.11 Å². The van der Waals surface area contributed by atoms with E-state index in [9.17, 15) is 9.90 Å². The van der Waals surface area contributed by atoms with Crippen molar-refractivity contribution < 1.29 is 15.0 Å². The van der Waals surface area contributed by atoms with Crippen molar-refractivity contribution in [3.63, 3.8) is 0 Å². The number of aliphatic hydroxyl groups is 2. The van der Waals surface area contributed by atoms with Gasteiger partial charge in [-0.05, 0) is 17.7 Å². The lowest BCUT2D eigenvalue weighted by molar-refractivity contribution is 0.0564. The molecule has 104 valence electrons. The van der Waals surface area contributed by atoms with Gasteiger partial charge in [0.05, 0.1) is 12.6 Å². The number of carbonyl (C=O) groups excluding carboxylic acids is 1. The maximum atomic E-state index is 12.1. The van der Waals surface area contributed by atoms with E-state index in [0.29, 0.717) is 5.56 Å². The van der Waals surface area contributed by atoms with Gasteiger partial charge < -0.3 is 15.5 Å². The molecule has 20 heavy (non-hydrogen) atoms. The molecule has 4 heteroatoms. The summed E-state index contributed by atoms with van der Waals surface area (Å²) in [5.41, 5.74) is 1.26. The molecule has 0 fully saturated rings. The molecule has 1 amide bonds. The summed E-state index contributed by atoms with van der Waals surface area (Å²) in [6.07, 6.45) is -1.05. The Morgan fingerprint density at radius 3 is 2.10 bits per heavy atom. The second-order valence-corrected chi connectivity index (χ2v) is 4.48. The zero-order chi connectivity index (χ0) is 14.4. The minimum Gasteiger partial charge on any atom is -0.394 e. The van der Waals surface area contributed by atoms with E-state index in [2.05, 4.69) is 5.32 Å². The fourth-order valence-electron chi connectivity index (χ4n) is 1.98. The number of amides is 1. The molecule has 2 atom stereocenters. The van der Waals surface area contributed by atoms with E-state index >= 15 is 0 Å². The highest BCUT2D eigenvalue weighted by atomic mass is 16.3. The number of rotatable bonds is 5. The molecule has 0 saturated heterocycles. The number of nitrogens with one attached hydrogen (secondary N) is 1. The first-order chi connectivity index (χ1) is 9.72. The van der Waals surface area contributed by atoms with Crippen LogP contribution in [0.5, 0.6) is 0 Å². The lowest BCUT2D eigenvalue weighted by atomic mass is 10.0. The van der Waals surface area contributed by atoms with Gasteiger partial charge in [0.2, 0.25) is 0 Å². The van der Waals surface area contributed by atoms with Gasteiger partial charge in [-0.1, -0.05) is 48.5 Å². The van der Waals surface area contributed by atoms with Crippen molar-refractivity contribution in [3.8, 4) is 0 Å². The molecule has 2 rings (SSSR count). The third-order valence-electron chi connectivity index (χ3n) is 3.05. The summed E-state index contributed by atoms with van der Waals surface area (Å²) in [5, 5.41) is 21.8. The molecule has 0 spiro atoms. The van der Waals surface area contributed by atoms with Gasteiger partial charge in [0.15, 0.2) is 0 Å². The third kappa shape index (κ3) is 3.44. The molecule has 0 bridgehead atoms. The highest BCUT2D eigenvalue weighted by molar-refractivity contribution is 5.94. The largest absolute Gasteiger partial charge is 0.394 e. The molecule has 0 radical (unpaired) electrons. The zero-order valence-electron chi connectivity index (χ0n) is 10.9. The quantitative estimate of drug-likeness (QED) is 0.772. The molecule has 0 unspecified atom stereocenters. The van der Waals surface area contributed by atoms with Gasteiger partial charge in [0.1, 0.15) is 6.10 Å². The normalized spacial score (nSPS) is 13.5. The Morgan fingerprint density at radius 1 is 1.00 bits per heavy atom. The zero-order valence-corrected chi connectivity index (χ0v) is 10.9. The van der Waals surface area contributed by atoms with Crippen molar-refractivity contribution in [2.75, 3.05) is 6.61 Å². The van der Waals surface area contributed by atoms with Crippen LogP contribution in [-0.2, 0) is 0 Å². The summed E-state index contributed by atoms with van der Waals surface area (Å²) >= 11 is 0. The van der Waals surface area contributed by atoms with E-state index in [1.807, 2.05) is 24.3 Å². The molecule has 0 aromatic heterocycles. The van der Waals surface area contributed by atoms with Crippen molar-refractivity contribution in [2.45, 2.75) is 12.1 Å². The van der Waals surface area contributed by atoms with E-state index in [-0.39, 0.29) is 5.91 Å². The van der Waals surface area contributed by atoms with Crippen LogP contribution in [0.15, 0.2) is 60.7 Å². The molecule has 0 aliphatic rings. The molecule has 2 aromatic carbocycles. The predicted octanol–water partition coefficient (Wildman–Crippen LogP) is 1.51. The topological polar surface area (TPSA) is 69.6 Å². The van der Waals surface area contributed by atoms with E-state index in [0.717, 1.165) is 5.56 Å². The first kappa shape index (κ1) is 14.2. The number of carbonyl (C=O) groups is 1. The van der Waals surface area contributed by atoms with Gasteiger partial charge >= 0.3 is 0 Å². The lowest BCUT2D eigenvalue weighted by Gasteiger charge is -2.23. The molecular formula is C16H17NO3. The van der Waals surface area contributed by atoms with Gasteiger partial charge in [-0.15, -0.1) is 0 Å². The summed E-state index contributed by atoms with van der Waals surface area (Å²) in [7, 11) is 0. The minimum absolute atomic E-state index is 0.285. The van der Waals surface area contributed by atoms with Crippen LogP contribution in [-0.4, -0.2) is 28.8 Å². The first-order valence-electron chi connectivity index (χ1n) is 6.42. The van der Waals surface area contributed by atoms with Crippen LogP contribution in [0.25, 0.3) is 0 Å². The molecule has 2 aromatic rings. The number of hydrogen-bond donors (Lipinski definition) is 3. The summed E-state index contributed by atoms with van der Waals surface area (Å²) in [5.74, 6) is -0.285. The van der Waals surface area contributed by atoms with Crippen LogP contribution in [0.2, 0.25) is 0 Å². The van der Waals surface area contributed by atoms with Gasteiger partial charge in [-0.25, -0.2) is 0 Å². The maximum Gasteiger partial charge on any atom is 0.251 e. The molecule has 0 aliphatic carbocycles. The van der Waals surface area contributed by atoms with Crippen LogP contribution >= 0.6 is 0 Å². The Kier molecular flexibility index (Phi) is 4.87. The summed E-state index contributed by atoms with van der Waals surface area (Å²) in [6, 6.07) is 17.2. The Labute approximate surface area is 117 Å². The summed E-state index contributed by atoms with van der Waals surface area (Å²) in [6.45, 7) is -0.422. The monoisotopic (exact) mass is 271 g/mol. The van der Waals surface area contributed by atoms with Gasteiger partial charge in [0.25, 0.3) is 5.91 Å². The van der Waals surface area contributed by atoms with Crippen LogP contribution in [0.3, 0.4) is 0 Å². The third-order valence-corrected chi connectivity index (χ3v) is 3.05. The molecule has 3 N–H and O–H groups in total. The van der Waals surface area contributed by atoms with Crippen LogP contribution < -0.4 is 5.32 Å². The fraction of sp³-hybridized carbons (Fsp3) is 0.188. The molecule has 0 saturated carbocycles. The summed E-state index contributed by atoms with van der Waals surface area (Å²) in [4.78, 5) is 12.1. The SMILES string of the molecule is O=C(N[C@@H](c1ccccc1)[C@@H](O)CO)c1ccccc1.